The van der Waals surface area contributed by atoms with E-state index in [-0.39, 0.29) is 24.7 Å². The number of aromatic nitrogens is 2. The first-order chi connectivity index (χ1) is 18.3. The smallest absolute Gasteiger partial charge is 0.351 e. The van der Waals surface area contributed by atoms with Gasteiger partial charge in [-0.15, -0.1) is 0 Å². The number of nitrogens with one attached hydrogen (secondary N) is 2. The second-order valence-electron chi connectivity index (χ2n) is 9.76. The third kappa shape index (κ3) is 5.16. The Bertz CT molecular complexity index is 1500. The van der Waals surface area contributed by atoms with Gasteiger partial charge in [-0.05, 0) is 31.7 Å². The van der Waals surface area contributed by atoms with E-state index in [9.17, 15) is 35.9 Å². The molecule has 3 aromatic rings. The Morgan fingerprint density at radius 3 is 2.36 bits per heavy atom. The number of rotatable bonds is 5. The minimum atomic E-state index is -4.81. The first-order valence-electron chi connectivity index (χ1n) is 12.1. The van der Waals surface area contributed by atoms with Crippen LogP contribution in [0.4, 0.5) is 36.6 Å². The molecular weight excluding hydrogens is 535 g/mol. The number of halogens is 7. The summed E-state index contributed by atoms with van der Waals surface area (Å²) in [5.41, 5.74) is -3.54. The number of piperazine rings is 1. The van der Waals surface area contributed by atoms with E-state index in [0.29, 0.717) is 42.5 Å². The van der Waals surface area contributed by atoms with Gasteiger partial charge >= 0.3 is 6.18 Å². The Balaban J connectivity index is 1.72. The van der Waals surface area contributed by atoms with Crippen LogP contribution in [0.5, 0.6) is 0 Å². The number of fused-ring (bicyclic) bond motifs is 1. The second-order valence-corrected chi connectivity index (χ2v) is 9.76. The maximum Gasteiger partial charge on any atom is 0.408 e. The van der Waals surface area contributed by atoms with Crippen molar-refractivity contribution < 1.29 is 35.5 Å². The molecule has 7 nitrogen and oxygen atoms in total. The molecule has 1 amide bonds. The third-order valence-electron chi connectivity index (χ3n) is 6.78. The summed E-state index contributed by atoms with van der Waals surface area (Å²) in [7, 11) is 0. The van der Waals surface area contributed by atoms with Crippen LogP contribution >= 0.6 is 0 Å². The van der Waals surface area contributed by atoms with E-state index in [1.54, 1.807) is 10.2 Å². The summed E-state index contributed by atoms with van der Waals surface area (Å²) in [6, 6.07) is -0.903. The molecule has 3 heterocycles. The summed E-state index contributed by atoms with van der Waals surface area (Å²) in [5, 5.41) is 4.34. The number of carbonyl (C=O) groups is 1. The standard InChI is InChI=1S/C25H22F7N5O2/c1-11-9-36(5-4-33-11)23-18(29)8-14-20(38)15(24(39)34-21(12-2-3-12)25(30,31)32)10-37(22(14)35-23)19-16(27)6-13(26)7-17(19)28/h6-8,10-12,21,33H,2-5,9H2,1H3,(H,34,39)/t11-,21?/m0/s1. The van der Waals surface area contributed by atoms with Gasteiger partial charge in [0.25, 0.3) is 5.91 Å². The highest BCUT2D eigenvalue weighted by Gasteiger charge is 2.50. The van der Waals surface area contributed by atoms with E-state index in [1.165, 1.54) is 0 Å². The number of carbonyl (C=O) groups excluding carboxylic acids is 1. The van der Waals surface area contributed by atoms with Gasteiger partial charge in [0.1, 0.15) is 23.1 Å². The number of pyridine rings is 2. The van der Waals surface area contributed by atoms with Gasteiger partial charge in [0.2, 0.25) is 5.43 Å². The molecular formula is C25H22F7N5O2. The second kappa shape index (κ2) is 9.81. The topological polar surface area (TPSA) is 79.3 Å². The molecule has 0 radical (unpaired) electrons. The van der Waals surface area contributed by atoms with Crippen LogP contribution in [-0.4, -0.2) is 53.4 Å². The number of nitrogens with zero attached hydrogens (tertiary/aromatic N) is 3. The normalized spacial score (nSPS) is 18.9. The molecule has 1 aliphatic carbocycles. The fourth-order valence-electron chi connectivity index (χ4n) is 4.77. The number of hydrogen-bond donors (Lipinski definition) is 2. The highest BCUT2D eigenvalue weighted by Crippen LogP contribution is 2.40. The molecule has 2 fully saturated rings. The van der Waals surface area contributed by atoms with Gasteiger partial charge in [0.15, 0.2) is 28.9 Å². The van der Waals surface area contributed by atoms with Gasteiger partial charge in [-0.3, -0.25) is 14.2 Å². The molecule has 2 aromatic heterocycles. The molecule has 5 rings (SSSR count). The molecule has 1 aliphatic heterocycles. The lowest BCUT2D eigenvalue weighted by atomic mass is 10.1. The average molecular weight is 557 g/mol. The van der Waals surface area contributed by atoms with Crippen molar-refractivity contribution in [3.63, 3.8) is 0 Å². The molecule has 2 N–H and O–H groups in total. The van der Waals surface area contributed by atoms with Gasteiger partial charge in [0.05, 0.1) is 5.39 Å². The SMILES string of the molecule is C[C@H]1CN(c2nc3c(cc2F)c(=O)c(C(=O)NC(C2CC2)C(F)(F)F)cn3-c2c(F)cc(F)cc2F)CCN1. The fourth-order valence-corrected chi connectivity index (χ4v) is 4.77. The molecule has 0 spiro atoms. The lowest BCUT2D eigenvalue weighted by Gasteiger charge is -2.33. The number of anilines is 1. The van der Waals surface area contributed by atoms with Crippen molar-refractivity contribution in [3.8, 4) is 5.69 Å². The van der Waals surface area contributed by atoms with E-state index >= 15 is 4.39 Å². The molecule has 2 aliphatic rings. The Morgan fingerprint density at radius 2 is 1.77 bits per heavy atom. The number of hydrogen-bond acceptors (Lipinski definition) is 5. The minimum Gasteiger partial charge on any atom is -0.351 e. The van der Waals surface area contributed by atoms with E-state index in [2.05, 4.69) is 10.3 Å². The monoisotopic (exact) mass is 557 g/mol. The fraction of sp³-hybridized carbons (Fsp3) is 0.400. The molecule has 39 heavy (non-hydrogen) atoms. The summed E-state index contributed by atoms with van der Waals surface area (Å²) in [5.74, 6) is -7.72. The summed E-state index contributed by atoms with van der Waals surface area (Å²) >= 11 is 0. The van der Waals surface area contributed by atoms with Crippen molar-refractivity contribution in [2.24, 2.45) is 5.92 Å². The van der Waals surface area contributed by atoms with Crippen LogP contribution in [0.2, 0.25) is 0 Å². The summed E-state index contributed by atoms with van der Waals surface area (Å²) in [6.07, 6.45) is -3.76. The van der Waals surface area contributed by atoms with Crippen LogP contribution in [-0.2, 0) is 0 Å². The minimum absolute atomic E-state index is 0.0658. The molecule has 0 bridgehead atoms. The van der Waals surface area contributed by atoms with Gasteiger partial charge in [-0.1, -0.05) is 0 Å². The zero-order valence-corrected chi connectivity index (χ0v) is 20.4. The Labute approximate surface area is 216 Å². The van der Waals surface area contributed by atoms with Gasteiger partial charge in [-0.2, -0.15) is 13.2 Å². The van der Waals surface area contributed by atoms with Gasteiger partial charge < -0.3 is 15.5 Å². The maximum atomic E-state index is 15.3. The van der Waals surface area contributed by atoms with E-state index in [0.717, 1.165) is 6.07 Å². The molecule has 1 saturated carbocycles. The van der Waals surface area contributed by atoms with Crippen molar-refractivity contribution in [2.75, 3.05) is 24.5 Å². The number of amides is 1. The summed E-state index contributed by atoms with van der Waals surface area (Å²) in [4.78, 5) is 31.9. The Hall–Kier alpha value is -3.68. The van der Waals surface area contributed by atoms with Gasteiger partial charge in [0, 0.05) is 44.0 Å². The molecule has 1 aromatic carbocycles. The highest BCUT2D eigenvalue weighted by atomic mass is 19.4. The molecule has 1 saturated heterocycles. The van der Waals surface area contributed by atoms with E-state index in [1.807, 2.05) is 6.92 Å². The first-order valence-corrected chi connectivity index (χ1v) is 12.1. The molecule has 2 atom stereocenters. The van der Waals surface area contributed by atoms with Crippen molar-refractivity contribution in [1.29, 1.82) is 0 Å². The summed E-state index contributed by atoms with van der Waals surface area (Å²) < 4.78 is 99.9. The molecule has 14 heteroatoms. The van der Waals surface area contributed by atoms with Crippen LogP contribution in [0.3, 0.4) is 0 Å². The zero-order chi connectivity index (χ0) is 28.2. The molecule has 1 unspecified atom stereocenters. The lowest BCUT2D eigenvalue weighted by Crippen LogP contribution is -2.50. The Morgan fingerprint density at radius 1 is 1.10 bits per heavy atom. The number of benzene rings is 1. The van der Waals surface area contributed by atoms with Gasteiger partial charge in [-0.25, -0.2) is 22.5 Å². The van der Waals surface area contributed by atoms with Crippen LogP contribution in [0, 0.1) is 29.2 Å². The quantitative estimate of drug-likeness (QED) is 0.467. The maximum absolute atomic E-state index is 15.3. The summed E-state index contributed by atoms with van der Waals surface area (Å²) in [6.45, 7) is 2.92. The van der Waals surface area contributed by atoms with Crippen molar-refractivity contribution >= 4 is 22.8 Å². The lowest BCUT2D eigenvalue weighted by molar-refractivity contribution is -0.158. The van der Waals surface area contributed by atoms with Crippen molar-refractivity contribution in [1.82, 2.24) is 20.2 Å². The Kier molecular flexibility index (Phi) is 6.77. The van der Waals surface area contributed by atoms with Crippen molar-refractivity contribution in [3.05, 3.63) is 63.5 Å². The average Bonchev–Trinajstić information content (AvgIpc) is 3.67. The van der Waals surface area contributed by atoms with Crippen LogP contribution < -0.4 is 21.0 Å². The van der Waals surface area contributed by atoms with Crippen molar-refractivity contribution in [2.45, 2.75) is 38.0 Å². The predicted octanol–water partition coefficient (Wildman–Crippen LogP) is 3.81. The molecule has 208 valence electrons. The highest BCUT2D eigenvalue weighted by molar-refractivity contribution is 5.97. The number of alkyl halides is 3. The van der Waals surface area contributed by atoms with Crippen LogP contribution in [0.25, 0.3) is 16.7 Å². The first kappa shape index (κ1) is 26.9. The van der Waals surface area contributed by atoms with E-state index < -0.39 is 75.0 Å². The van der Waals surface area contributed by atoms with E-state index in [4.69, 9.17) is 0 Å². The zero-order valence-electron chi connectivity index (χ0n) is 20.4. The third-order valence-corrected chi connectivity index (χ3v) is 6.78. The van der Waals surface area contributed by atoms with Crippen LogP contribution in [0.15, 0.2) is 29.2 Å². The predicted molar refractivity (Wildman–Crippen MR) is 127 cm³/mol. The van der Waals surface area contributed by atoms with Crippen LogP contribution in [0.1, 0.15) is 30.1 Å². The largest absolute Gasteiger partial charge is 0.408 e.